The van der Waals surface area contributed by atoms with Crippen LogP contribution in [0, 0.1) is 0 Å². The SMILES string of the molecule is CCc1cc(-c2nnc(SCc3csc(-c4ccc5c(c4)OCO5)n3)n2CC)cs1. The Morgan fingerprint density at radius 2 is 1.93 bits per heavy atom. The van der Waals surface area contributed by atoms with E-state index in [0.717, 1.165) is 63.0 Å². The molecule has 0 saturated heterocycles. The summed E-state index contributed by atoms with van der Waals surface area (Å²) in [5, 5.41) is 15.1. The maximum absolute atomic E-state index is 5.48. The molecule has 1 aliphatic rings. The summed E-state index contributed by atoms with van der Waals surface area (Å²) in [6.45, 7) is 5.42. The first-order chi connectivity index (χ1) is 14.7. The number of benzene rings is 1. The number of aryl methyl sites for hydroxylation is 1. The van der Waals surface area contributed by atoms with Crippen molar-refractivity contribution in [3.63, 3.8) is 0 Å². The lowest BCUT2D eigenvalue weighted by molar-refractivity contribution is 0.174. The van der Waals surface area contributed by atoms with Crippen LogP contribution in [0.15, 0.2) is 40.2 Å². The van der Waals surface area contributed by atoms with Crippen molar-refractivity contribution in [3.8, 4) is 33.5 Å². The molecule has 0 unspecified atom stereocenters. The van der Waals surface area contributed by atoms with Gasteiger partial charge in [-0.2, -0.15) is 0 Å². The number of fused-ring (bicyclic) bond motifs is 1. The van der Waals surface area contributed by atoms with Gasteiger partial charge in [0.05, 0.1) is 5.69 Å². The van der Waals surface area contributed by atoms with Gasteiger partial charge in [0.25, 0.3) is 0 Å². The van der Waals surface area contributed by atoms with Crippen LogP contribution >= 0.6 is 34.4 Å². The lowest BCUT2D eigenvalue weighted by atomic mass is 10.2. The smallest absolute Gasteiger partial charge is 0.231 e. The van der Waals surface area contributed by atoms with Gasteiger partial charge >= 0.3 is 0 Å². The number of hydrogen-bond donors (Lipinski definition) is 0. The lowest BCUT2D eigenvalue weighted by Crippen LogP contribution is -1.99. The highest BCUT2D eigenvalue weighted by Crippen LogP contribution is 2.37. The fourth-order valence-corrected chi connectivity index (χ4v) is 5.88. The van der Waals surface area contributed by atoms with E-state index >= 15 is 0 Å². The third-order valence-corrected chi connectivity index (χ3v) is 7.84. The molecule has 0 radical (unpaired) electrons. The number of nitrogens with zero attached hydrogens (tertiary/aromatic N) is 4. The summed E-state index contributed by atoms with van der Waals surface area (Å²) in [5.74, 6) is 3.26. The molecule has 9 heteroatoms. The van der Waals surface area contributed by atoms with Crippen molar-refractivity contribution in [2.24, 2.45) is 0 Å². The first kappa shape index (κ1) is 19.6. The average Bonchev–Trinajstić information content (AvgIpc) is 3.56. The first-order valence-electron chi connectivity index (χ1n) is 9.73. The van der Waals surface area contributed by atoms with Gasteiger partial charge in [-0.15, -0.1) is 32.9 Å². The third-order valence-electron chi connectivity index (χ3n) is 4.81. The number of rotatable bonds is 7. The first-order valence-corrected chi connectivity index (χ1v) is 12.5. The van der Waals surface area contributed by atoms with Crippen molar-refractivity contribution < 1.29 is 9.47 Å². The Bertz CT molecular complexity index is 1180. The van der Waals surface area contributed by atoms with Crippen molar-refractivity contribution >= 4 is 34.4 Å². The van der Waals surface area contributed by atoms with Crippen molar-refractivity contribution in [2.75, 3.05) is 6.79 Å². The molecule has 4 heterocycles. The normalized spacial score (nSPS) is 12.6. The molecule has 3 aromatic heterocycles. The van der Waals surface area contributed by atoms with Gasteiger partial charge in [-0.1, -0.05) is 18.7 Å². The quantitative estimate of drug-likeness (QED) is 0.331. The zero-order valence-electron chi connectivity index (χ0n) is 16.6. The summed E-state index contributed by atoms with van der Waals surface area (Å²) >= 11 is 5.09. The summed E-state index contributed by atoms with van der Waals surface area (Å²) < 4.78 is 13.0. The monoisotopic (exact) mass is 456 g/mol. The molecule has 5 rings (SSSR count). The van der Waals surface area contributed by atoms with Crippen LogP contribution < -0.4 is 9.47 Å². The number of aromatic nitrogens is 4. The molecule has 4 aromatic rings. The van der Waals surface area contributed by atoms with Gasteiger partial charge in [0.2, 0.25) is 6.79 Å². The Morgan fingerprint density at radius 1 is 1.03 bits per heavy atom. The number of thiophene rings is 1. The van der Waals surface area contributed by atoms with Crippen LogP contribution in [0.4, 0.5) is 0 Å². The van der Waals surface area contributed by atoms with Crippen LogP contribution in [0.3, 0.4) is 0 Å². The van der Waals surface area contributed by atoms with Gasteiger partial charge in [-0.05, 0) is 37.6 Å². The minimum absolute atomic E-state index is 0.282. The molecule has 0 atom stereocenters. The van der Waals surface area contributed by atoms with E-state index in [4.69, 9.17) is 14.5 Å². The maximum atomic E-state index is 5.48. The summed E-state index contributed by atoms with van der Waals surface area (Å²) in [6.07, 6.45) is 1.04. The standard InChI is InChI=1S/C21H20N4O2S3/c1-3-16-7-14(9-28-16)19-23-24-21(25(19)4-2)30-11-15-10-29-20(22-15)13-5-6-17-18(8-13)27-12-26-17/h5-10H,3-4,11-12H2,1-2H3. The Morgan fingerprint density at radius 3 is 2.77 bits per heavy atom. The molecule has 0 fully saturated rings. The Balaban J connectivity index is 1.31. The van der Waals surface area contributed by atoms with Gasteiger partial charge in [0.15, 0.2) is 22.5 Å². The zero-order valence-corrected chi connectivity index (χ0v) is 19.1. The molecular formula is C21H20N4O2S3. The van der Waals surface area contributed by atoms with E-state index < -0.39 is 0 Å². The van der Waals surface area contributed by atoms with Crippen molar-refractivity contribution in [1.29, 1.82) is 0 Å². The van der Waals surface area contributed by atoms with E-state index in [1.807, 2.05) is 18.2 Å². The molecule has 6 nitrogen and oxygen atoms in total. The molecular weight excluding hydrogens is 436 g/mol. The van der Waals surface area contributed by atoms with Crippen LogP contribution in [0.25, 0.3) is 22.0 Å². The van der Waals surface area contributed by atoms with E-state index in [1.54, 1.807) is 34.4 Å². The van der Waals surface area contributed by atoms with Crippen LogP contribution in [0.5, 0.6) is 11.5 Å². The summed E-state index contributed by atoms with van der Waals surface area (Å²) in [4.78, 5) is 6.17. The fourth-order valence-electron chi connectivity index (χ4n) is 3.25. The van der Waals surface area contributed by atoms with Crippen molar-refractivity contribution in [2.45, 2.75) is 37.7 Å². The third kappa shape index (κ3) is 3.73. The predicted molar refractivity (Wildman–Crippen MR) is 122 cm³/mol. The van der Waals surface area contributed by atoms with E-state index in [-0.39, 0.29) is 6.79 Å². The van der Waals surface area contributed by atoms with Gasteiger partial charge in [-0.25, -0.2) is 4.98 Å². The van der Waals surface area contributed by atoms with Gasteiger partial charge in [0, 0.05) is 39.1 Å². The highest BCUT2D eigenvalue weighted by Gasteiger charge is 2.17. The molecule has 30 heavy (non-hydrogen) atoms. The van der Waals surface area contributed by atoms with E-state index in [2.05, 4.69) is 45.4 Å². The van der Waals surface area contributed by atoms with Crippen molar-refractivity contribution in [3.05, 3.63) is 45.6 Å². The number of hydrogen-bond acceptors (Lipinski definition) is 8. The van der Waals surface area contributed by atoms with Crippen LogP contribution in [0.2, 0.25) is 0 Å². The number of ether oxygens (including phenoxy) is 2. The molecule has 0 saturated carbocycles. The number of thioether (sulfide) groups is 1. The molecule has 0 spiro atoms. The second kappa shape index (κ2) is 8.41. The summed E-state index contributed by atoms with van der Waals surface area (Å²) in [6, 6.07) is 8.17. The van der Waals surface area contributed by atoms with E-state index in [1.165, 1.54) is 4.88 Å². The predicted octanol–water partition coefficient (Wildman–Crippen LogP) is 5.73. The highest BCUT2D eigenvalue weighted by molar-refractivity contribution is 7.98. The fraction of sp³-hybridized carbons (Fsp3) is 0.286. The highest BCUT2D eigenvalue weighted by atomic mass is 32.2. The molecule has 0 aliphatic carbocycles. The van der Waals surface area contributed by atoms with Gasteiger partial charge < -0.3 is 14.0 Å². The molecule has 1 aliphatic heterocycles. The largest absolute Gasteiger partial charge is 0.454 e. The Hall–Kier alpha value is -2.36. The topological polar surface area (TPSA) is 62.1 Å². The molecule has 1 aromatic carbocycles. The maximum Gasteiger partial charge on any atom is 0.231 e. The molecule has 0 amide bonds. The lowest BCUT2D eigenvalue weighted by Gasteiger charge is -2.05. The second-order valence-corrected chi connectivity index (χ2v) is 9.50. The van der Waals surface area contributed by atoms with Crippen LogP contribution in [-0.4, -0.2) is 26.5 Å². The van der Waals surface area contributed by atoms with Crippen molar-refractivity contribution in [1.82, 2.24) is 19.7 Å². The zero-order chi connectivity index (χ0) is 20.5. The minimum Gasteiger partial charge on any atom is -0.454 e. The van der Waals surface area contributed by atoms with E-state index in [0.29, 0.717) is 0 Å². The Kier molecular flexibility index (Phi) is 5.49. The van der Waals surface area contributed by atoms with Gasteiger partial charge in [0.1, 0.15) is 5.01 Å². The van der Waals surface area contributed by atoms with Crippen LogP contribution in [0.1, 0.15) is 24.4 Å². The van der Waals surface area contributed by atoms with Gasteiger partial charge in [-0.3, -0.25) is 0 Å². The molecule has 154 valence electrons. The van der Waals surface area contributed by atoms with E-state index in [9.17, 15) is 0 Å². The Labute approximate surface area is 186 Å². The number of thiazole rings is 1. The molecule has 0 N–H and O–H groups in total. The summed E-state index contributed by atoms with van der Waals surface area (Å²) in [5.41, 5.74) is 3.23. The van der Waals surface area contributed by atoms with Crippen LogP contribution in [-0.2, 0) is 18.7 Å². The summed E-state index contributed by atoms with van der Waals surface area (Å²) in [7, 11) is 0. The minimum atomic E-state index is 0.282. The second-order valence-electron chi connectivity index (χ2n) is 6.71. The molecule has 0 bridgehead atoms. The average molecular weight is 457 g/mol.